The van der Waals surface area contributed by atoms with Gasteiger partial charge in [-0.25, -0.2) is 29.6 Å². The van der Waals surface area contributed by atoms with Crippen LogP contribution in [0.25, 0.3) is 0 Å². The van der Waals surface area contributed by atoms with E-state index >= 15 is 0 Å². The SMILES string of the molecule is O=S(=O)(c1ccccc1)C(S(=O)(=O)c1ccccc1)S(=O)(=O)c1ccc(F)cc1. The molecule has 0 aliphatic rings. The summed E-state index contributed by atoms with van der Waals surface area (Å²) >= 11 is 0. The van der Waals surface area contributed by atoms with Gasteiger partial charge in [0.15, 0.2) is 0 Å². The van der Waals surface area contributed by atoms with Crippen LogP contribution in [0.5, 0.6) is 0 Å². The molecule has 0 amide bonds. The highest BCUT2D eigenvalue weighted by Gasteiger charge is 2.50. The van der Waals surface area contributed by atoms with Gasteiger partial charge in [-0.05, 0) is 48.5 Å². The van der Waals surface area contributed by atoms with Crippen LogP contribution in [0, 0.1) is 5.82 Å². The Labute approximate surface area is 168 Å². The van der Waals surface area contributed by atoms with E-state index in [0.29, 0.717) is 0 Å². The minimum absolute atomic E-state index is 0.463. The Balaban J connectivity index is 2.33. The Kier molecular flexibility index (Phi) is 5.61. The lowest BCUT2D eigenvalue weighted by atomic mass is 10.4. The van der Waals surface area contributed by atoms with Gasteiger partial charge < -0.3 is 0 Å². The number of benzene rings is 3. The third-order valence-electron chi connectivity index (χ3n) is 4.05. The Morgan fingerprint density at radius 3 is 1.14 bits per heavy atom. The second kappa shape index (κ2) is 7.69. The van der Waals surface area contributed by atoms with Crippen LogP contribution >= 0.6 is 0 Å². The van der Waals surface area contributed by atoms with Crippen molar-refractivity contribution in [1.82, 2.24) is 0 Å². The Bertz CT molecular complexity index is 1250. The van der Waals surface area contributed by atoms with Crippen molar-refractivity contribution in [3.63, 3.8) is 0 Å². The summed E-state index contributed by atoms with van der Waals surface area (Å²) in [7, 11) is -14.8. The van der Waals surface area contributed by atoms with Crippen molar-refractivity contribution in [1.29, 1.82) is 0 Å². The van der Waals surface area contributed by atoms with Crippen molar-refractivity contribution in [2.75, 3.05) is 0 Å². The van der Waals surface area contributed by atoms with Gasteiger partial charge in [0.25, 0.3) is 3.91 Å². The van der Waals surface area contributed by atoms with E-state index in [-0.39, 0.29) is 0 Å². The summed E-state index contributed by atoms with van der Waals surface area (Å²) in [5.74, 6) is -0.752. The van der Waals surface area contributed by atoms with Crippen LogP contribution in [0.4, 0.5) is 4.39 Å². The molecule has 0 unspecified atom stereocenters. The van der Waals surface area contributed by atoms with E-state index in [1.54, 1.807) is 0 Å². The maximum absolute atomic E-state index is 13.2. The maximum atomic E-state index is 13.2. The van der Waals surface area contributed by atoms with E-state index in [1.807, 2.05) is 0 Å². The van der Waals surface area contributed by atoms with Gasteiger partial charge in [-0.2, -0.15) is 0 Å². The molecule has 0 radical (unpaired) electrons. The first-order valence-electron chi connectivity index (χ1n) is 8.15. The van der Waals surface area contributed by atoms with Gasteiger partial charge in [-0.3, -0.25) is 0 Å². The monoisotopic (exact) mass is 454 g/mol. The zero-order valence-corrected chi connectivity index (χ0v) is 17.2. The average Bonchev–Trinajstić information content (AvgIpc) is 2.69. The molecule has 0 fully saturated rings. The Morgan fingerprint density at radius 1 is 0.483 bits per heavy atom. The topological polar surface area (TPSA) is 102 Å². The average molecular weight is 455 g/mol. The molecule has 3 aromatic carbocycles. The predicted molar refractivity (Wildman–Crippen MR) is 105 cm³/mol. The zero-order chi connectivity index (χ0) is 21.3. The Hall–Kier alpha value is -2.56. The molecule has 10 heteroatoms. The molecular weight excluding hydrogens is 439 g/mol. The van der Waals surface area contributed by atoms with Crippen LogP contribution < -0.4 is 0 Å². The van der Waals surface area contributed by atoms with Crippen molar-refractivity contribution in [2.24, 2.45) is 0 Å². The molecule has 0 N–H and O–H groups in total. The van der Waals surface area contributed by atoms with Gasteiger partial charge in [-0.1, -0.05) is 36.4 Å². The molecule has 0 aliphatic heterocycles. The number of hydrogen-bond acceptors (Lipinski definition) is 6. The Morgan fingerprint density at radius 2 is 0.793 bits per heavy atom. The van der Waals surface area contributed by atoms with Crippen molar-refractivity contribution in [2.45, 2.75) is 18.6 Å². The minimum Gasteiger partial charge on any atom is -0.221 e. The number of halogens is 1. The van der Waals surface area contributed by atoms with Crippen molar-refractivity contribution < 1.29 is 29.6 Å². The fraction of sp³-hybridized carbons (Fsp3) is 0.0526. The lowest BCUT2D eigenvalue weighted by molar-refractivity contribution is 0.573. The number of rotatable bonds is 6. The molecule has 3 aromatic rings. The van der Waals surface area contributed by atoms with E-state index in [1.165, 1.54) is 36.4 Å². The molecule has 0 bridgehead atoms. The van der Waals surface area contributed by atoms with Gasteiger partial charge in [0.1, 0.15) is 5.82 Å². The summed E-state index contributed by atoms with van der Waals surface area (Å²) in [6.07, 6.45) is 0. The van der Waals surface area contributed by atoms with Crippen LogP contribution in [0.2, 0.25) is 0 Å². The second-order valence-corrected chi connectivity index (χ2v) is 13.0. The van der Waals surface area contributed by atoms with Gasteiger partial charge in [0.2, 0.25) is 29.5 Å². The van der Waals surface area contributed by atoms with E-state index in [4.69, 9.17) is 0 Å². The third kappa shape index (κ3) is 3.96. The van der Waals surface area contributed by atoms with Crippen molar-refractivity contribution >= 4 is 29.5 Å². The molecule has 0 aromatic heterocycles. The first-order chi connectivity index (χ1) is 13.6. The normalized spacial score (nSPS) is 12.8. The lowest BCUT2D eigenvalue weighted by Crippen LogP contribution is -2.38. The highest BCUT2D eigenvalue weighted by atomic mass is 32.3. The van der Waals surface area contributed by atoms with E-state index < -0.39 is 53.9 Å². The molecular formula is C19H15FO6S3. The standard InChI is InChI=1S/C19H15FO6S3/c20-15-11-13-18(14-12-15)29(25,26)19(27(21,22)16-7-3-1-4-8-16)28(23,24)17-9-5-2-6-10-17/h1-14,19H. The summed E-state index contributed by atoms with van der Waals surface area (Å²) < 4.78 is 89.6. The van der Waals surface area contributed by atoms with Crippen LogP contribution in [-0.2, 0) is 29.5 Å². The van der Waals surface area contributed by atoms with E-state index in [9.17, 15) is 29.6 Å². The zero-order valence-electron chi connectivity index (χ0n) is 14.7. The first-order valence-corrected chi connectivity index (χ1v) is 12.8. The molecule has 6 nitrogen and oxygen atoms in total. The minimum atomic E-state index is -4.97. The van der Waals surface area contributed by atoms with Gasteiger partial charge in [-0.15, -0.1) is 0 Å². The fourth-order valence-corrected chi connectivity index (χ4v) is 10.9. The highest BCUT2D eigenvalue weighted by molar-refractivity contribution is 8.24. The van der Waals surface area contributed by atoms with Crippen LogP contribution in [-0.4, -0.2) is 29.2 Å². The van der Waals surface area contributed by atoms with Crippen LogP contribution in [0.1, 0.15) is 0 Å². The molecule has 0 saturated heterocycles. The summed E-state index contributed by atoms with van der Waals surface area (Å²) in [6.45, 7) is 0. The molecule has 0 aliphatic carbocycles. The summed E-state index contributed by atoms with van der Waals surface area (Å²) in [5.41, 5.74) is 0. The van der Waals surface area contributed by atoms with E-state index in [0.717, 1.165) is 48.5 Å². The molecule has 0 heterocycles. The molecule has 0 spiro atoms. The summed E-state index contributed by atoms with van der Waals surface area (Å²) in [4.78, 5) is -1.55. The highest BCUT2D eigenvalue weighted by Crippen LogP contribution is 2.33. The van der Waals surface area contributed by atoms with Gasteiger partial charge in [0, 0.05) is 0 Å². The molecule has 0 saturated carbocycles. The first kappa shape index (κ1) is 21.2. The van der Waals surface area contributed by atoms with Crippen molar-refractivity contribution in [3.05, 3.63) is 90.7 Å². The number of hydrogen-bond donors (Lipinski definition) is 0. The number of sulfone groups is 3. The predicted octanol–water partition coefficient (Wildman–Crippen LogP) is 2.83. The third-order valence-corrected chi connectivity index (χ3v) is 12.9. The molecule has 29 heavy (non-hydrogen) atoms. The van der Waals surface area contributed by atoms with E-state index in [2.05, 4.69) is 0 Å². The quantitative estimate of drug-likeness (QED) is 0.531. The second-order valence-electron chi connectivity index (χ2n) is 6.00. The van der Waals surface area contributed by atoms with Gasteiger partial charge >= 0.3 is 0 Å². The fourth-order valence-electron chi connectivity index (χ4n) is 2.68. The largest absolute Gasteiger partial charge is 0.275 e. The summed E-state index contributed by atoms with van der Waals surface area (Å²) in [5, 5.41) is 0. The molecule has 3 rings (SSSR count). The lowest BCUT2D eigenvalue weighted by Gasteiger charge is -2.19. The van der Waals surface area contributed by atoms with Crippen LogP contribution in [0.15, 0.2) is 99.6 Å². The smallest absolute Gasteiger partial charge is 0.221 e. The van der Waals surface area contributed by atoms with Gasteiger partial charge in [0.05, 0.1) is 14.7 Å². The molecule has 0 atom stereocenters. The molecule has 152 valence electrons. The summed E-state index contributed by atoms with van der Waals surface area (Å²) in [6, 6.07) is 16.2. The van der Waals surface area contributed by atoms with Crippen LogP contribution in [0.3, 0.4) is 0 Å². The van der Waals surface area contributed by atoms with Crippen molar-refractivity contribution in [3.8, 4) is 0 Å². The maximum Gasteiger partial charge on any atom is 0.275 e.